The molecular formula is C15H19ClN2O5S. The van der Waals surface area contributed by atoms with E-state index in [1.165, 1.54) is 23.1 Å². The number of benzene rings is 1. The largest absolute Gasteiger partial charge is 0.452 e. The van der Waals surface area contributed by atoms with Gasteiger partial charge in [0, 0.05) is 23.3 Å². The Morgan fingerprint density at radius 3 is 2.67 bits per heavy atom. The minimum Gasteiger partial charge on any atom is -0.452 e. The highest BCUT2D eigenvalue weighted by Crippen LogP contribution is 2.20. The third kappa shape index (κ3) is 4.39. The fourth-order valence-corrected chi connectivity index (χ4v) is 4.58. The number of anilines is 1. The number of halogens is 1. The van der Waals surface area contributed by atoms with Crippen molar-refractivity contribution in [3.63, 3.8) is 0 Å². The molecule has 7 nitrogen and oxygen atoms in total. The SMILES string of the molecule is CCN(C(=O)COC(=O)c1ccc(Cl)cc1N)[C@@H]1CCS(=O)(=O)C1. The Labute approximate surface area is 145 Å². The zero-order valence-electron chi connectivity index (χ0n) is 13.2. The molecule has 0 saturated carbocycles. The van der Waals surface area contributed by atoms with Gasteiger partial charge in [0.25, 0.3) is 5.91 Å². The van der Waals surface area contributed by atoms with E-state index >= 15 is 0 Å². The minimum absolute atomic E-state index is 0.0509. The second-order valence-corrected chi connectivity index (χ2v) is 8.21. The van der Waals surface area contributed by atoms with Crippen LogP contribution in [0.2, 0.25) is 5.02 Å². The molecule has 0 unspecified atom stereocenters. The molecule has 0 radical (unpaired) electrons. The number of hydrogen-bond acceptors (Lipinski definition) is 6. The van der Waals surface area contributed by atoms with Crippen molar-refractivity contribution < 1.29 is 22.7 Å². The standard InChI is InChI=1S/C15H19ClN2O5S/c1-2-18(11-5-6-24(21,22)9-11)14(19)8-23-15(20)12-4-3-10(16)7-13(12)17/h3-4,7,11H,2,5-6,8-9,17H2,1H3/t11-/m1/s1. The van der Waals surface area contributed by atoms with E-state index in [1.54, 1.807) is 6.92 Å². The number of likely N-dealkylation sites (N-methyl/N-ethyl adjacent to an activating group) is 1. The van der Waals surface area contributed by atoms with Gasteiger partial charge in [-0.25, -0.2) is 13.2 Å². The lowest BCUT2D eigenvalue weighted by Gasteiger charge is -2.26. The number of amides is 1. The highest BCUT2D eigenvalue weighted by atomic mass is 35.5. The summed E-state index contributed by atoms with van der Waals surface area (Å²) in [6.45, 7) is 1.63. The molecule has 1 aromatic rings. The van der Waals surface area contributed by atoms with Gasteiger partial charge in [0.05, 0.1) is 17.1 Å². The summed E-state index contributed by atoms with van der Waals surface area (Å²) in [5.41, 5.74) is 5.98. The molecule has 24 heavy (non-hydrogen) atoms. The van der Waals surface area contributed by atoms with Crippen molar-refractivity contribution >= 4 is 39.0 Å². The van der Waals surface area contributed by atoms with Crippen LogP contribution in [0.5, 0.6) is 0 Å². The molecule has 1 fully saturated rings. The fraction of sp³-hybridized carbons (Fsp3) is 0.467. The second kappa shape index (κ2) is 7.40. The van der Waals surface area contributed by atoms with Crippen molar-refractivity contribution in [1.82, 2.24) is 4.90 Å². The monoisotopic (exact) mass is 374 g/mol. The highest BCUT2D eigenvalue weighted by molar-refractivity contribution is 7.91. The molecular weight excluding hydrogens is 356 g/mol. The number of rotatable bonds is 5. The number of nitrogen functional groups attached to an aromatic ring is 1. The van der Waals surface area contributed by atoms with Crippen LogP contribution in [0.15, 0.2) is 18.2 Å². The number of sulfone groups is 1. The second-order valence-electron chi connectivity index (χ2n) is 5.54. The molecule has 1 aliphatic rings. The van der Waals surface area contributed by atoms with E-state index in [0.29, 0.717) is 18.0 Å². The van der Waals surface area contributed by atoms with Crippen LogP contribution in [0, 0.1) is 0 Å². The van der Waals surface area contributed by atoms with Crippen molar-refractivity contribution in [2.45, 2.75) is 19.4 Å². The zero-order chi connectivity index (χ0) is 17.9. The fourth-order valence-electron chi connectivity index (χ4n) is 2.67. The van der Waals surface area contributed by atoms with Gasteiger partial charge >= 0.3 is 5.97 Å². The summed E-state index contributed by atoms with van der Waals surface area (Å²) in [6, 6.07) is 3.97. The molecule has 1 aromatic carbocycles. The van der Waals surface area contributed by atoms with Gasteiger partial charge in [-0.15, -0.1) is 0 Å². The number of ether oxygens (including phenoxy) is 1. The molecule has 9 heteroatoms. The first-order chi connectivity index (χ1) is 11.2. The Morgan fingerprint density at radius 2 is 2.12 bits per heavy atom. The van der Waals surface area contributed by atoms with Gasteiger partial charge < -0.3 is 15.4 Å². The van der Waals surface area contributed by atoms with Gasteiger partial charge in [0.1, 0.15) is 0 Å². The van der Waals surface area contributed by atoms with Gasteiger partial charge in [-0.1, -0.05) is 11.6 Å². The zero-order valence-corrected chi connectivity index (χ0v) is 14.8. The third-order valence-corrected chi connectivity index (χ3v) is 5.86. The Balaban J connectivity index is 1.97. The molecule has 132 valence electrons. The summed E-state index contributed by atoms with van der Waals surface area (Å²) < 4.78 is 28.1. The summed E-state index contributed by atoms with van der Waals surface area (Å²) in [5.74, 6) is -1.14. The molecule has 1 saturated heterocycles. The molecule has 0 aliphatic carbocycles. The molecule has 0 spiro atoms. The minimum atomic E-state index is -3.10. The quantitative estimate of drug-likeness (QED) is 0.611. The summed E-state index contributed by atoms with van der Waals surface area (Å²) in [4.78, 5) is 25.7. The molecule has 2 rings (SSSR count). The molecule has 0 aromatic heterocycles. The highest BCUT2D eigenvalue weighted by Gasteiger charge is 2.34. The van der Waals surface area contributed by atoms with Crippen molar-refractivity contribution in [2.75, 3.05) is 30.4 Å². The maximum atomic E-state index is 12.2. The van der Waals surface area contributed by atoms with Crippen LogP contribution in [-0.4, -0.2) is 55.9 Å². The summed E-state index contributed by atoms with van der Waals surface area (Å²) in [7, 11) is -3.10. The van der Waals surface area contributed by atoms with Gasteiger partial charge in [-0.2, -0.15) is 0 Å². The van der Waals surface area contributed by atoms with Gasteiger partial charge in [-0.05, 0) is 31.5 Å². The number of carbonyl (C=O) groups is 2. The van der Waals surface area contributed by atoms with E-state index in [1.807, 2.05) is 0 Å². The van der Waals surface area contributed by atoms with Crippen molar-refractivity contribution in [3.05, 3.63) is 28.8 Å². The molecule has 1 aliphatic heterocycles. The van der Waals surface area contributed by atoms with E-state index in [2.05, 4.69) is 0 Å². The normalized spacial score (nSPS) is 19.0. The molecule has 1 atom stereocenters. The number of hydrogen-bond donors (Lipinski definition) is 1. The van der Waals surface area contributed by atoms with E-state index in [9.17, 15) is 18.0 Å². The molecule has 1 amide bonds. The van der Waals surface area contributed by atoms with Crippen LogP contribution in [0.3, 0.4) is 0 Å². The summed E-state index contributed by atoms with van der Waals surface area (Å²) in [5, 5.41) is 0.389. The Kier molecular flexibility index (Phi) is 5.71. The van der Waals surface area contributed by atoms with Crippen LogP contribution in [0.4, 0.5) is 5.69 Å². The summed E-state index contributed by atoms with van der Waals surface area (Å²) >= 11 is 5.76. The lowest BCUT2D eigenvalue weighted by molar-refractivity contribution is -0.136. The third-order valence-electron chi connectivity index (χ3n) is 3.87. The lowest BCUT2D eigenvalue weighted by atomic mass is 10.2. The number of nitrogens with two attached hydrogens (primary N) is 1. The van der Waals surface area contributed by atoms with Crippen molar-refractivity contribution in [1.29, 1.82) is 0 Å². The Bertz CT molecular complexity index is 750. The summed E-state index contributed by atoms with van der Waals surface area (Å²) in [6.07, 6.45) is 0.403. The van der Waals surface area contributed by atoms with Crippen molar-refractivity contribution in [2.24, 2.45) is 0 Å². The van der Waals surface area contributed by atoms with Gasteiger partial charge in [0.15, 0.2) is 16.4 Å². The number of nitrogens with zero attached hydrogens (tertiary/aromatic N) is 1. The van der Waals surface area contributed by atoms with Crippen LogP contribution in [-0.2, 0) is 19.4 Å². The van der Waals surface area contributed by atoms with Crippen molar-refractivity contribution in [3.8, 4) is 0 Å². The maximum absolute atomic E-state index is 12.2. The first-order valence-electron chi connectivity index (χ1n) is 7.45. The molecule has 1 heterocycles. The topological polar surface area (TPSA) is 107 Å². The Morgan fingerprint density at radius 1 is 1.42 bits per heavy atom. The Hall–Kier alpha value is -1.80. The predicted molar refractivity (Wildman–Crippen MR) is 90.6 cm³/mol. The van der Waals surface area contributed by atoms with Gasteiger partial charge in [0.2, 0.25) is 0 Å². The van der Waals surface area contributed by atoms with E-state index in [-0.39, 0.29) is 28.8 Å². The first kappa shape index (κ1) is 18.5. The predicted octanol–water partition coefficient (Wildman–Crippen LogP) is 1.11. The van der Waals surface area contributed by atoms with Gasteiger partial charge in [-0.3, -0.25) is 4.79 Å². The average Bonchev–Trinajstić information content (AvgIpc) is 2.85. The van der Waals surface area contributed by atoms with Crippen LogP contribution in [0.1, 0.15) is 23.7 Å². The molecule has 0 bridgehead atoms. The lowest BCUT2D eigenvalue weighted by Crippen LogP contribution is -2.43. The van der Waals surface area contributed by atoms with Crippen LogP contribution < -0.4 is 5.73 Å². The smallest absolute Gasteiger partial charge is 0.340 e. The van der Waals surface area contributed by atoms with E-state index in [4.69, 9.17) is 22.1 Å². The van der Waals surface area contributed by atoms with Crippen LogP contribution in [0.25, 0.3) is 0 Å². The van der Waals surface area contributed by atoms with E-state index < -0.39 is 28.3 Å². The number of esters is 1. The first-order valence-corrected chi connectivity index (χ1v) is 9.65. The average molecular weight is 375 g/mol. The van der Waals surface area contributed by atoms with Crippen LogP contribution >= 0.6 is 11.6 Å². The van der Waals surface area contributed by atoms with E-state index in [0.717, 1.165) is 0 Å². The maximum Gasteiger partial charge on any atom is 0.340 e. The number of carbonyl (C=O) groups excluding carboxylic acids is 2. The molecule has 2 N–H and O–H groups in total.